The number of anilines is 1. The first kappa shape index (κ1) is 18.7. The van der Waals surface area contributed by atoms with Crippen molar-refractivity contribution in [1.29, 1.82) is 0 Å². The fourth-order valence-electron chi connectivity index (χ4n) is 5.44. The summed E-state index contributed by atoms with van der Waals surface area (Å²) in [7, 11) is 0. The Morgan fingerprint density at radius 1 is 1.30 bits per heavy atom. The molecular formula is C22H29NO3S. The van der Waals surface area contributed by atoms with Gasteiger partial charge in [0.25, 0.3) is 0 Å². The number of ether oxygens (including phenoxy) is 1. The van der Waals surface area contributed by atoms with E-state index < -0.39 is 5.41 Å². The van der Waals surface area contributed by atoms with Crippen molar-refractivity contribution < 1.29 is 14.3 Å². The number of amides is 1. The Labute approximate surface area is 165 Å². The minimum Gasteiger partial charge on any atom is -0.462 e. The largest absolute Gasteiger partial charge is 0.462 e. The Morgan fingerprint density at radius 2 is 2.04 bits per heavy atom. The number of carbonyl (C=O) groups excluding carboxylic acids is 2. The molecule has 0 aromatic carbocycles. The molecule has 2 atom stereocenters. The molecule has 0 aliphatic heterocycles. The van der Waals surface area contributed by atoms with E-state index in [-0.39, 0.29) is 17.3 Å². The molecule has 0 saturated heterocycles. The lowest BCUT2D eigenvalue weighted by Gasteiger charge is -2.37. The van der Waals surface area contributed by atoms with E-state index in [4.69, 9.17) is 4.74 Å². The SMILES string of the molecule is C=C1C2(C(=O)Nc3sc4c(c3C(=O)OCC)CCCC4)CCC(C2)C1(C)C. The van der Waals surface area contributed by atoms with E-state index in [0.29, 0.717) is 23.1 Å². The average Bonchev–Trinajstić information content (AvgIpc) is 3.28. The van der Waals surface area contributed by atoms with Crippen molar-refractivity contribution in [1.82, 2.24) is 0 Å². The molecule has 1 aromatic heterocycles. The minimum absolute atomic E-state index is 0.00818. The van der Waals surface area contributed by atoms with Gasteiger partial charge in [-0.2, -0.15) is 0 Å². The van der Waals surface area contributed by atoms with Crippen LogP contribution in [0.25, 0.3) is 0 Å². The highest BCUT2D eigenvalue weighted by molar-refractivity contribution is 7.17. The van der Waals surface area contributed by atoms with Gasteiger partial charge in [-0.1, -0.05) is 26.0 Å². The van der Waals surface area contributed by atoms with Crippen LogP contribution >= 0.6 is 11.3 Å². The Balaban J connectivity index is 1.67. The Kier molecular flexibility index (Phi) is 4.49. The van der Waals surface area contributed by atoms with Crippen molar-refractivity contribution in [3.63, 3.8) is 0 Å². The van der Waals surface area contributed by atoms with Gasteiger partial charge in [-0.3, -0.25) is 4.79 Å². The lowest BCUT2D eigenvalue weighted by molar-refractivity contribution is -0.123. The van der Waals surface area contributed by atoms with E-state index in [9.17, 15) is 9.59 Å². The molecular weight excluding hydrogens is 358 g/mol. The molecule has 4 nitrogen and oxygen atoms in total. The molecule has 1 N–H and O–H groups in total. The number of fused-ring (bicyclic) bond motifs is 3. The maximum atomic E-state index is 13.4. The van der Waals surface area contributed by atoms with E-state index in [1.54, 1.807) is 11.3 Å². The molecule has 0 radical (unpaired) electrons. The summed E-state index contributed by atoms with van der Waals surface area (Å²) >= 11 is 1.56. The van der Waals surface area contributed by atoms with Crippen LogP contribution in [0.5, 0.6) is 0 Å². The number of hydrogen-bond acceptors (Lipinski definition) is 4. The highest BCUT2D eigenvalue weighted by Crippen LogP contribution is 2.65. The second kappa shape index (κ2) is 6.47. The molecule has 5 heteroatoms. The molecule has 4 rings (SSSR count). The number of thiophene rings is 1. The quantitative estimate of drug-likeness (QED) is 0.576. The molecule has 0 spiro atoms. The van der Waals surface area contributed by atoms with Crippen molar-refractivity contribution in [3.05, 3.63) is 28.2 Å². The van der Waals surface area contributed by atoms with Gasteiger partial charge >= 0.3 is 5.97 Å². The van der Waals surface area contributed by atoms with Crippen LogP contribution in [0.1, 0.15) is 73.7 Å². The number of esters is 1. The second-order valence-electron chi connectivity index (χ2n) is 8.81. The molecule has 3 aliphatic carbocycles. The number of nitrogens with one attached hydrogen (secondary N) is 1. The number of aryl methyl sites for hydroxylation is 1. The van der Waals surface area contributed by atoms with Crippen molar-refractivity contribution >= 4 is 28.2 Å². The van der Waals surface area contributed by atoms with Crippen molar-refractivity contribution in [2.24, 2.45) is 16.7 Å². The molecule has 27 heavy (non-hydrogen) atoms. The number of carbonyl (C=O) groups is 2. The topological polar surface area (TPSA) is 55.4 Å². The zero-order valence-corrected chi connectivity index (χ0v) is 17.4. The van der Waals surface area contributed by atoms with E-state index in [1.807, 2.05) is 6.92 Å². The monoisotopic (exact) mass is 387 g/mol. The summed E-state index contributed by atoms with van der Waals surface area (Å²) in [5.41, 5.74) is 2.27. The summed E-state index contributed by atoms with van der Waals surface area (Å²) in [6.07, 6.45) is 6.92. The first-order valence-corrected chi connectivity index (χ1v) is 11.0. The summed E-state index contributed by atoms with van der Waals surface area (Å²) in [5.74, 6) is 0.237. The van der Waals surface area contributed by atoms with Gasteiger partial charge in [0.05, 0.1) is 17.6 Å². The Hall–Kier alpha value is -1.62. The van der Waals surface area contributed by atoms with E-state index in [2.05, 4.69) is 25.7 Å². The maximum Gasteiger partial charge on any atom is 0.341 e. The summed E-state index contributed by atoms with van der Waals surface area (Å²) in [5, 5.41) is 3.83. The van der Waals surface area contributed by atoms with Gasteiger partial charge in [0.1, 0.15) is 5.00 Å². The fraction of sp³-hybridized carbons (Fsp3) is 0.636. The van der Waals surface area contributed by atoms with Gasteiger partial charge in [0.2, 0.25) is 5.91 Å². The lowest BCUT2D eigenvalue weighted by Crippen LogP contribution is -2.37. The summed E-state index contributed by atoms with van der Waals surface area (Å²) in [4.78, 5) is 27.3. The van der Waals surface area contributed by atoms with Gasteiger partial charge in [-0.15, -0.1) is 11.3 Å². The zero-order valence-electron chi connectivity index (χ0n) is 16.6. The molecule has 2 saturated carbocycles. The molecule has 2 fully saturated rings. The van der Waals surface area contributed by atoms with Crippen LogP contribution in [0.15, 0.2) is 12.2 Å². The molecule has 2 unspecified atom stereocenters. The zero-order chi connectivity index (χ0) is 19.4. The average molecular weight is 388 g/mol. The molecule has 1 aromatic rings. The summed E-state index contributed by atoms with van der Waals surface area (Å²) < 4.78 is 5.31. The molecule has 1 amide bonds. The Bertz CT molecular complexity index is 822. The van der Waals surface area contributed by atoms with Crippen LogP contribution in [0, 0.1) is 16.7 Å². The third-order valence-corrected chi connectivity index (χ3v) is 8.41. The normalized spacial score (nSPS) is 28.1. The minimum atomic E-state index is -0.482. The van der Waals surface area contributed by atoms with Crippen LogP contribution in [-0.4, -0.2) is 18.5 Å². The molecule has 2 bridgehead atoms. The second-order valence-corrected chi connectivity index (χ2v) is 9.92. The van der Waals surface area contributed by atoms with E-state index >= 15 is 0 Å². The van der Waals surface area contributed by atoms with Gasteiger partial charge in [-0.25, -0.2) is 4.79 Å². The third kappa shape index (κ3) is 2.69. The van der Waals surface area contributed by atoms with Crippen molar-refractivity contribution in [2.45, 2.75) is 65.7 Å². The van der Waals surface area contributed by atoms with Crippen LogP contribution < -0.4 is 5.32 Å². The Morgan fingerprint density at radius 3 is 2.70 bits per heavy atom. The standard InChI is InChI=1S/C22H29NO3S/c1-5-26-19(24)17-15-8-6-7-9-16(15)27-18(17)23-20(25)22-11-10-14(12-22)21(3,4)13(22)2/h14H,2,5-12H2,1,3-4H3,(H,23,25). The highest BCUT2D eigenvalue weighted by atomic mass is 32.1. The van der Waals surface area contributed by atoms with Gasteiger partial charge < -0.3 is 10.1 Å². The maximum absolute atomic E-state index is 13.4. The first-order chi connectivity index (χ1) is 12.8. The van der Waals surface area contributed by atoms with Crippen LogP contribution in [0.4, 0.5) is 5.00 Å². The van der Waals surface area contributed by atoms with E-state index in [0.717, 1.165) is 56.1 Å². The van der Waals surface area contributed by atoms with Crippen LogP contribution in [0.2, 0.25) is 0 Å². The molecule has 146 valence electrons. The van der Waals surface area contributed by atoms with Crippen molar-refractivity contribution in [3.8, 4) is 0 Å². The van der Waals surface area contributed by atoms with Gasteiger partial charge in [0, 0.05) is 4.88 Å². The van der Waals surface area contributed by atoms with Gasteiger partial charge in [0.15, 0.2) is 0 Å². The lowest BCUT2D eigenvalue weighted by atomic mass is 9.68. The molecule has 3 aliphatic rings. The molecule has 1 heterocycles. The third-order valence-electron chi connectivity index (χ3n) is 7.20. The summed E-state index contributed by atoms with van der Waals surface area (Å²) in [6, 6.07) is 0. The predicted molar refractivity (Wildman–Crippen MR) is 108 cm³/mol. The fourth-order valence-corrected chi connectivity index (χ4v) is 6.71. The number of hydrogen-bond donors (Lipinski definition) is 1. The smallest absolute Gasteiger partial charge is 0.341 e. The predicted octanol–water partition coefficient (Wildman–Crippen LogP) is 5.12. The van der Waals surface area contributed by atoms with Crippen LogP contribution in [-0.2, 0) is 22.4 Å². The van der Waals surface area contributed by atoms with Gasteiger partial charge in [-0.05, 0) is 68.8 Å². The summed E-state index contributed by atoms with van der Waals surface area (Å²) in [6.45, 7) is 10.9. The van der Waals surface area contributed by atoms with Crippen molar-refractivity contribution in [2.75, 3.05) is 11.9 Å². The van der Waals surface area contributed by atoms with E-state index in [1.165, 1.54) is 4.88 Å². The highest BCUT2D eigenvalue weighted by Gasteiger charge is 2.61. The van der Waals surface area contributed by atoms with Crippen LogP contribution in [0.3, 0.4) is 0 Å². The number of rotatable bonds is 4. The first-order valence-electron chi connectivity index (χ1n) is 10.1.